The van der Waals surface area contributed by atoms with E-state index < -0.39 is 19.9 Å². The number of ketones is 1. The van der Waals surface area contributed by atoms with Gasteiger partial charge in [0.2, 0.25) is 6.17 Å². The standard InChI is InChI=1S/C22H36FN2O6P/c1-2-3-7-13-18(24)19(26)14-8-5-4-6-11-16-25-22(27)21(23)17-12-9-10-15-20(17)31-32(28,29)30/h9-10,12,15,18,21H,2-8,11,13-14,16,24H2,1H3,(H,25,27)(H2,28,29,30). The number of hydrogen-bond acceptors (Lipinski definition) is 5. The maximum atomic E-state index is 14.5. The summed E-state index contributed by atoms with van der Waals surface area (Å²) in [5.74, 6) is -1.15. The van der Waals surface area contributed by atoms with E-state index in [1.165, 1.54) is 24.3 Å². The lowest BCUT2D eigenvalue weighted by Gasteiger charge is -2.15. The molecule has 0 spiro atoms. The summed E-state index contributed by atoms with van der Waals surface area (Å²) < 4.78 is 30.0. The van der Waals surface area contributed by atoms with Crippen LogP contribution in [0, 0.1) is 0 Å². The lowest BCUT2D eigenvalue weighted by molar-refractivity contribution is -0.126. The minimum Gasteiger partial charge on any atom is -0.404 e. The van der Waals surface area contributed by atoms with Crippen LogP contribution in [-0.4, -0.2) is 34.1 Å². The van der Waals surface area contributed by atoms with E-state index in [-0.39, 0.29) is 29.7 Å². The molecule has 2 unspecified atom stereocenters. The number of phosphoric acid groups is 1. The van der Waals surface area contributed by atoms with Crippen LogP contribution in [0.2, 0.25) is 0 Å². The first-order valence-electron chi connectivity index (χ1n) is 11.2. The summed E-state index contributed by atoms with van der Waals surface area (Å²) in [6.07, 6.45) is 6.36. The molecule has 0 saturated heterocycles. The van der Waals surface area contributed by atoms with E-state index in [2.05, 4.69) is 16.8 Å². The highest BCUT2D eigenvalue weighted by Crippen LogP contribution is 2.41. The number of nitrogens with one attached hydrogen (secondary N) is 1. The SMILES string of the molecule is CCCCCC(N)C(=O)CCCCCCCNC(=O)C(F)c1ccccc1OP(=O)(O)O. The van der Waals surface area contributed by atoms with Gasteiger partial charge in [-0.25, -0.2) is 8.96 Å². The van der Waals surface area contributed by atoms with Gasteiger partial charge in [0, 0.05) is 18.5 Å². The highest BCUT2D eigenvalue weighted by molar-refractivity contribution is 7.46. The molecule has 1 amide bonds. The van der Waals surface area contributed by atoms with Crippen molar-refractivity contribution < 1.29 is 32.9 Å². The number of carbonyl (C=O) groups is 2. The van der Waals surface area contributed by atoms with E-state index in [9.17, 15) is 18.5 Å². The number of rotatable bonds is 17. The first-order valence-corrected chi connectivity index (χ1v) is 12.7. The number of carbonyl (C=O) groups excluding carboxylic acids is 2. The monoisotopic (exact) mass is 474 g/mol. The van der Waals surface area contributed by atoms with Gasteiger partial charge in [0.05, 0.1) is 6.04 Å². The van der Waals surface area contributed by atoms with Crippen LogP contribution in [0.1, 0.15) is 82.9 Å². The predicted molar refractivity (Wildman–Crippen MR) is 121 cm³/mol. The third-order valence-corrected chi connectivity index (χ3v) is 5.51. The van der Waals surface area contributed by atoms with E-state index in [0.29, 0.717) is 12.8 Å². The van der Waals surface area contributed by atoms with Crippen molar-refractivity contribution in [2.45, 2.75) is 83.3 Å². The van der Waals surface area contributed by atoms with Gasteiger partial charge >= 0.3 is 7.82 Å². The fraction of sp³-hybridized carbons (Fsp3) is 0.636. The minimum absolute atomic E-state index is 0.116. The normalized spacial score (nSPS) is 13.4. The molecule has 0 saturated carbocycles. The lowest BCUT2D eigenvalue weighted by Crippen LogP contribution is -2.30. The van der Waals surface area contributed by atoms with E-state index in [1.54, 1.807) is 0 Å². The van der Waals surface area contributed by atoms with Gasteiger partial charge in [0.15, 0.2) is 0 Å². The smallest absolute Gasteiger partial charge is 0.404 e. The fourth-order valence-electron chi connectivity index (χ4n) is 3.26. The van der Waals surface area contributed by atoms with E-state index in [1.807, 2.05) is 0 Å². The summed E-state index contributed by atoms with van der Waals surface area (Å²) in [7, 11) is -4.87. The van der Waals surface area contributed by atoms with Crippen molar-refractivity contribution in [2.24, 2.45) is 5.73 Å². The number of hydrogen-bond donors (Lipinski definition) is 4. The third kappa shape index (κ3) is 11.7. The first kappa shape index (κ1) is 28.2. The molecule has 0 aromatic heterocycles. The maximum Gasteiger partial charge on any atom is 0.524 e. The van der Waals surface area contributed by atoms with Crippen molar-refractivity contribution in [3.63, 3.8) is 0 Å². The molecule has 1 rings (SSSR count). The van der Waals surface area contributed by atoms with Crippen molar-refractivity contribution in [3.8, 4) is 5.75 Å². The minimum atomic E-state index is -4.87. The summed E-state index contributed by atoms with van der Waals surface area (Å²) in [5, 5.41) is 2.49. The topological polar surface area (TPSA) is 139 Å². The van der Waals surface area contributed by atoms with Gasteiger partial charge in [-0.15, -0.1) is 0 Å². The summed E-state index contributed by atoms with van der Waals surface area (Å²) in [4.78, 5) is 41.9. The van der Waals surface area contributed by atoms with E-state index in [0.717, 1.165) is 51.4 Å². The molecular formula is C22H36FN2O6P. The van der Waals surface area contributed by atoms with Crippen LogP contribution in [-0.2, 0) is 14.2 Å². The average Bonchev–Trinajstić information content (AvgIpc) is 2.74. The van der Waals surface area contributed by atoms with Gasteiger partial charge < -0.3 is 15.6 Å². The van der Waals surface area contributed by atoms with Crippen LogP contribution in [0.4, 0.5) is 4.39 Å². The highest BCUT2D eigenvalue weighted by Gasteiger charge is 2.26. The fourth-order valence-corrected chi connectivity index (χ4v) is 3.68. The molecule has 32 heavy (non-hydrogen) atoms. The number of phosphoric ester groups is 1. The second-order valence-corrected chi connectivity index (χ2v) is 9.02. The second-order valence-electron chi connectivity index (χ2n) is 7.86. The van der Waals surface area contributed by atoms with Crippen molar-refractivity contribution >= 4 is 19.5 Å². The van der Waals surface area contributed by atoms with Gasteiger partial charge in [-0.2, -0.15) is 0 Å². The molecule has 0 aliphatic rings. The number of halogens is 1. The first-order chi connectivity index (χ1) is 15.2. The van der Waals surface area contributed by atoms with Gasteiger partial charge in [0.1, 0.15) is 11.5 Å². The van der Waals surface area contributed by atoms with Crippen molar-refractivity contribution in [1.29, 1.82) is 0 Å². The van der Waals surface area contributed by atoms with Crippen molar-refractivity contribution in [1.82, 2.24) is 5.32 Å². The summed E-state index contributed by atoms with van der Waals surface area (Å²) in [5.41, 5.74) is 5.66. The molecule has 0 heterocycles. The third-order valence-electron chi connectivity index (χ3n) is 5.07. The largest absolute Gasteiger partial charge is 0.524 e. The number of alkyl halides is 1. The Morgan fingerprint density at radius 1 is 1.09 bits per heavy atom. The Balaban J connectivity index is 2.23. The molecular weight excluding hydrogens is 438 g/mol. The number of Topliss-reactive ketones (excluding diaryl/α,β-unsaturated/α-hetero) is 1. The van der Waals surface area contributed by atoms with Crippen LogP contribution in [0.5, 0.6) is 5.75 Å². The quantitative estimate of drug-likeness (QED) is 0.197. The Labute approximate surface area is 189 Å². The highest BCUT2D eigenvalue weighted by atomic mass is 31.2. The molecule has 1 aromatic carbocycles. The Kier molecular flexibility index (Phi) is 13.3. The Bertz CT molecular complexity index is 758. The number of unbranched alkanes of at least 4 members (excludes halogenated alkanes) is 6. The van der Waals surface area contributed by atoms with Crippen molar-refractivity contribution in [2.75, 3.05) is 6.54 Å². The van der Waals surface area contributed by atoms with Crippen molar-refractivity contribution in [3.05, 3.63) is 29.8 Å². The molecule has 0 bridgehead atoms. The second kappa shape index (κ2) is 15.1. The summed E-state index contributed by atoms with van der Waals surface area (Å²) >= 11 is 0. The zero-order valence-electron chi connectivity index (χ0n) is 18.7. The maximum absolute atomic E-state index is 14.5. The zero-order chi connectivity index (χ0) is 24.0. The predicted octanol–water partition coefficient (Wildman–Crippen LogP) is 4.10. The van der Waals surface area contributed by atoms with Crippen LogP contribution in [0.25, 0.3) is 0 Å². The molecule has 0 radical (unpaired) electrons. The van der Waals surface area contributed by atoms with E-state index >= 15 is 0 Å². The molecule has 8 nitrogen and oxygen atoms in total. The summed E-state index contributed by atoms with van der Waals surface area (Å²) in [6.45, 7) is 2.39. The Morgan fingerprint density at radius 2 is 1.75 bits per heavy atom. The van der Waals surface area contributed by atoms with Gasteiger partial charge in [-0.05, 0) is 25.3 Å². The molecule has 0 aliphatic heterocycles. The molecule has 1 aromatic rings. The molecule has 0 aliphatic carbocycles. The molecule has 0 fully saturated rings. The zero-order valence-corrected chi connectivity index (χ0v) is 19.6. The number of para-hydroxylation sites is 1. The Hall–Kier alpha value is -1.80. The van der Waals surface area contributed by atoms with Crippen LogP contribution < -0.4 is 15.6 Å². The molecule has 5 N–H and O–H groups in total. The number of nitrogens with two attached hydrogens (primary N) is 1. The molecule has 2 atom stereocenters. The molecule has 10 heteroatoms. The van der Waals surface area contributed by atoms with Gasteiger partial charge in [-0.1, -0.05) is 63.6 Å². The van der Waals surface area contributed by atoms with Crippen LogP contribution in [0.15, 0.2) is 24.3 Å². The van der Waals surface area contributed by atoms with Gasteiger partial charge in [0.25, 0.3) is 5.91 Å². The Morgan fingerprint density at radius 3 is 2.44 bits per heavy atom. The number of benzene rings is 1. The average molecular weight is 475 g/mol. The molecule has 182 valence electrons. The van der Waals surface area contributed by atoms with Crippen LogP contribution >= 0.6 is 7.82 Å². The lowest BCUT2D eigenvalue weighted by atomic mass is 10.0. The summed E-state index contributed by atoms with van der Waals surface area (Å²) in [6, 6.07) is 4.95. The van der Waals surface area contributed by atoms with Crippen LogP contribution in [0.3, 0.4) is 0 Å². The number of amides is 1. The van der Waals surface area contributed by atoms with Gasteiger partial charge in [-0.3, -0.25) is 19.4 Å². The van der Waals surface area contributed by atoms with E-state index in [4.69, 9.17) is 15.5 Å².